The van der Waals surface area contributed by atoms with Crippen LogP contribution in [-0.4, -0.2) is 49.7 Å². The number of nitrogens with zero attached hydrogens (tertiary/aromatic N) is 1. The summed E-state index contributed by atoms with van der Waals surface area (Å²) in [5, 5.41) is 3.66. The monoisotopic (exact) mass is 284 g/mol. The van der Waals surface area contributed by atoms with E-state index in [4.69, 9.17) is 4.74 Å². The summed E-state index contributed by atoms with van der Waals surface area (Å²) < 4.78 is 5.06. The van der Waals surface area contributed by atoms with E-state index in [1.165, 1.54) is 19.3 Å². The fourth-order valence-corrected chi connectivity index (χ4v) is 2.84. The smallest absolute Gasteiger partial charge is 0.320 e. The molecule has 0 radical (unpaired) electrons. The topological polar surface area (TPSA) is 41.6 Å². The zero-order valence-electron chi connectivity index (χ0n) is 13.7. The van der Waals surface area contributed by atoms with Gasteiger partial charge in [0.25, 0.3) is 0 Å². The minimum Gasteiger partial charge on any atom is -0.465 e. The summed E-state index contributed by atoms with van der Waals surface area (Å²) in [6, 6.07) is 0.516. The van der Waals surface area contributed by atoms with Crippen molar-refractivity contribution in [2.75, 3.05) is 32.8 Å². The first kappa shape index (κ1) is 17.4. The van der Waals surface area contributed by atoms with E-state index in [0.717, 1.165) is 25.6 Å². The summed E-state index contributed by atoms with van der Waals surface area (Å²) in [4.78, 5) is 13.9. The molecule has 1 fully saturated rings. The highest BCUT2D eigenvalue weighted by atomic mass is 16.5. The van der Waals surface area contributed by atoms with Gasteiger partial charge in [0.1, 0.15) is 0 Å². The van der Waals surface area contributed by atoms with E-state index < -0.39 is 0 Å². The molecule has 4 heteroatoms. The Morgan fingerprint density at radius 3 is 2.70 bits per heavy atom. The third-order valence-electron chi connectivity index (χ3n) is 4.00. The second-order valence-electron chi connectivity index (χ2n) is 6.34. The Bertz CT molecular complexity index is 282. The summed E-state index contributed by atoms with van der Waals surface area (Å²) in [5.74, 6) is 1.34. The van der Waals surface area contributed by atoms with Gasteiger partial charge < -0.3 is 10.1 Å². The van der Waals surface area contributed by atoms with E-state index in [2.05, 4.69) is 31.0 Å². The minimum absolute atomic E-state index is 0.0924. The Morgan fingerprint density at radius 2 is 2.10 bits per heavy atom. The quantitative estimate of drug-likeness (QED) is 0.694. The van der Waals surface area contributed by atoms with Crippen LogP contribution in [0.1, 0.15) is 47.0 Å². The molecule has 0 spiro atoms. The van der Waals surface area contributed by atoms with Crippen LogP contribution in [0.5, 0.6) is 0 Å². The number of esters is 1. The zero-order chi connectivity index (χ0) is 15.0. The summed E-state index contributed by atoms with van der Waals surface area (Å²) in [6.07, 6.45) is 3.63. The van der Waals surface area contributed by atoms with Crippen LogP contribution < -0.4 is 5.32 Å². The first-order valence-electron chi connectivity index (χ1n) is 8.16. The number of nitrogens with one attached hydrogen (secondary N) is 1. The number of carbonyl (C=O) groups excluding carboxylic acids is 1. The van der Waals surface area contributed by atoms with Crippen molar-refractivity contribution in [3.05, 3.63) is 0 Å². The lowest BCUT2D eigenvalue weighted by Gasteiger charge is -2.37. The minimum atomic E-state index is -0.0924. The number of hydrogen-bond acceptors (Lipinski definition) is 4. The molecule has 0 amide bonds. The molecule has 1 N–H and O–H groups in total. The van der Waals surface area contributed by atoms with Gasteiger partial charge in [-0.05, 0) is 38.1 Å². The van der Waals surface area contributed by atoms with Crippen LogP contribution in [0.3, 0.4) is 0 Å². The predicted octanol–water partition coefficient (Wildman–Crippen LogP) is 2.29. The Morgan fingerprint density at radius 1 is 1.35 bits per heavy atom. The molecule has 0 saturated carbocycles. The lowest BCUT2D eigenvalue weighted by atomic mass is 9.92. The van der Waals surface area contributed by atoms with E-state index in [1.54, 1.807) is 0 Å². The average molecular weight is 284 g/mol. The van der Waals surface area contributed by atoms with Crippen LogP contribution in [0, 0.1) is 11.8 Å². The standard InChI is InChI=1S/C16H32N2O2/c1-5-14-9-15(17-8-7-13(3)4)11-18(10-14)12-16(19)20-6-2/h13-15,17H,5-12H2,1-4H3. The molecule has 0 aliphatic carbocycles. The second kappa shape index (κ2) is 9.35. The second-order valence-corrected chi connectivity index (χ2v) is 6.34. The molecule has 1 aliphatic rings. The summed E-state index contributed by atoms with van der Waals surface area (Å²) in [6.45, 7) is 12.6. The van der Waals surface area contributed by atoms with Gasteiger partial charge in [0.2, 0.25) is 0 Å². The van der Waals surface area contributed by atoms with Crippen molar-refractivity contribution < 1.29 is 9.53 Å². The Hall–Kier alpha value is -0.610. The van der Waals surface area contributed by atoms with Crippen molar-refractivity contribution in [2.45, 2.75) is 53.0 Å². The van der Waals surface area contributed by atoms with Gasteiger partial charge in [-0.15, -0.1) is 0 Å². The van der Waals surface area contributed by atoms with Crippen LogP contribution in [0.15, 0.2) is 0 Å². The molecule has 1 rings (SSSR count). The van der Waals surface area contributed by atoms with E-state index in [1.807, 2.05) is 6.92 Å². The van der Waals surface area contributed by atoms with E-state index in [9.17, 15) is 4.79 Å². The molecular formula is C16H32N2O2. The van der Waals surface area contributed by atoms with Gasteiger partial charge in [0.05, 0.1) is 13.2 Å². The zero-order valence-corrected chi connectivity index (χ0v) is 13.7. The molecule has 118 valence electrons. The molecule has 2 atom stereocenters. The van der Waals surface area contributed by atoms with Crippen molar-refractivity contribution >= 4 is 5.97 Å². The molecular weight excluding hydrogens is 252 g/mol. The molecule has 1 saturated heterocycles. The Labute approximate surface area is 124 Å². The first-order valence-corrected chi connectivity index (χ1v) is 8.16. The maximum Gasteiger partial charge on any atom is 0.320 e. The van der Waals surface area contributed by atoms with Gasteiger partial charge in [-0.2, -0.15) is 0 Å². The van der Waals surface area contributed by atoms with Crippen LogP contribution in [0.4, 0.5) is 0 Å². The SMILES string of the molecule is CCOC(=O)CN1CC(CC)CC(NCCC(C)C)C1. The maximum absolute atomic E-state index is 11.6. The number of rotatable bonds is 8. The molecule has 2 unspecified atom stereocenters. The molecule has 0 aromatic heterocycles. The van der Waals surface area contributed by atoms with E-state index in [-0.39, 0.29) is 5.97 Å². The number of carbonyl (C=O) groups is 1. The molecule has 0 aromatic carbocycles. The summed E-state index contributed by atoms with van der Waals surface area (Å²) in [7, 11) is 0. The molecule has 20 heavy (non-hydrogen) atoms. The van der Waals surface area contributed by atoms with Crippen LogP contribution in [0.2, 0.25) is 0 Å². The lowest BCUT2D eigenvalue weighted by molar-refractivity contribution is -0.145. The van der Waals surface area contributed by atoms with E-state index in [0.29, 0.717) is 25.1 Å². The van der Waals surface area contributed by atoms with Gasteiger partial charge in [0.15, 0.2) is 0 Å². The Kier molecular flexibility index (Phi) is 8.15. The van der Waals surface area contributed by atoms with Crippen LogP contribution in [-0.2, 0) is 9.53 Å². The molecule has 1 aliphatic heterocycles. The maximum atomic E-state index is 11.6. The predicted molar refractivity (Wildman–Crippen MR) is 82.7 cm³/mol. The fourth-order valence-electron chi connectivity index (χ4n) is 2.84. The molecule has 1 heterocycles. The highest BCUT2D eigenvalue weighted by molar-refractivity contribution is 5.71. The van der Waals surface area contributed by atoms with Crippen molar-refractivity contribution in [1.82, 2.24) is 10.2 Å². The van der Waals surface area contributed by atoms with Crippen LogP contribution in [0.25, 0.3) is 0 Å². The van der Waals surface area contributed by atoms with Crippen molar-refractivity contribution in [3.8, 4) is 0 Å². The van der Waals surface area contributed by atoms with Crippen molar-refractivity contribution in [3.63, 3.8) is 0 Å². The normalized spacial score (nSPS) is 24.1. The van der Waals surface area contributed by atoms with Crippen molar-refractivity contribution in [1.29, 1.82) is 0 Å². The highest BCUT2D eigenvalue weighted by Gasteiger charge is 2.27. The molecule has 0 aromatic rings. The number of likely N-dealkylation sites (tertiary alicyclic amines) is 1. The number of piperidine rings is 1. The van der Waals surface area contributed by atoms with E-state index >= 15 is 0 Å². The highest BCUT2D eigenvalue weighted by Crippen LogP contribution is 2.20. The molecule has 0 bridgehead atoms. The number of hydrogen-bond donors (Lipinski definition) is 1. The Balaban J connectivity index is 2.40. The van der Waals surface area contributed by atoms with Gasteiger partial charge >= 0.3 is 5.97 Å². The lowest BCUT2D eigenvalue weighted by Crippen LogP contribution is -2.50. The third-order valence-corrected chi connectivity index (χ3v) is 4.00. The van der Waals surface area contributed by atoms with Crippen LogP contribution >= 0.6 is 0 Å². The summed E-state index contributed by atoms with van der Waals surface area (Å²) >= 11 is 0. The molecule has 4 nitrogen and oxygen atoms in total. The fraction of sp³-hybridized carbons (Fsp3) is 0.938. The summed E-state index contributed by atoms with van der Waals surface area (Å²) in [5.41, 5.74) is 0. The van der Waals surface area contributed by atoms with Gasteiger partial charge in [0, 0.05) is 19.1 Å². The first-order chi connectivity index (χ1) is 9.55. The average Bonchev–Trinajstić information content (AvgIpc) is 2.38. The van der Waals surface area contributed by atoms with Gasteiger partial charge in [-0.25, -0.2) is 0 Å². The largest absolute Gasteiger partial charge is 0.465 e. The number of ether oxygens (including phenoxy) is 1. The van der Waals surface area contributed by atoms with Crippen molar-refractivity contribution in [2.24, 2.45) is 11.8 Å². The van der Waals surface area contributed by atoms with Gasteiger partial charge in [-0.3, -0.25) is 9.69 Å². The van der Waals surface area contributed by atoms with Gasteiger partial charge in [-0.1, -0.05) is 27.2 Å². The third kappa shape index (κ3) is 6.71.